The molecule has 2 heterocycles. The molecule has 0 unspecified atom stereocenters. The van der Waals surface area contributed by atoms with E-state index in [9.17, 15) is 4.79 Å². The van der Waals surface area contributed by atoms with Gasteiger partial charge in [-0.1, -0.05) is 12.8 Å². The first-order valence-electron chi connectivity index (χ1n) is 6.92. The Labute approximate surface area is 124 Å². The number of ether oxygens (including phenoxy) is 1. The van der Waals surface area contributed by atoms with Gasteiger partial charge in [-0.2, -0.15) is 0 Å². The van der Waals surface area contributed by atoms with Crippen LogP contribution in [0.4, 0.5) is 0 Å². The molecule has 110 valence electrons. The molecular weight excluding hydrogens is 266 g/mol. The average Bonchev–Trinajstić information content (AvgIpc) is 2.81. The van der Waals surface area contributed by atoms with Crippen LogP contribution in [0, 0.1) is 11.8 Å². The lowest BCUT2D eigenvalue weighted by Gasteiger charge is -2.20. The van der Waals surface area contributed by atoms with Gasteiger partial charge in [-0.05, 0) is 32.3 Å². The minimum absolute atomic E-state index is 0.0581. The van der Waals surface area contributed by atoms with Crippen molar-refractivity contribution < 1.29 is 9.53 Å². The van der Waals surface area contributed by atoms with Crippen LogP contribution in [0.15, 0.2) is 12.5 Å². The monoisotopic (exact) mass is 285 g/mol. The second kappa shape index (κ2) is 5.96. The van der Waals surface area contributed by atoms with Gasteiger partial charge < -0.3 is 9.72 Å². The molecule has 5 heteroatoms. The Kier molecular flexibility index (Phi) is 4.27. The summed E-state index contributed by atoms with van der Waals surface area (Å²) in [5, 5.41) is 0.825. The maximum atomic E-state index is 11.2. The smallest absolute Gasteiger partial charge is 0.226 e. The minimum Gasteiger partial charge on any atom is -0.471 e. The van der Waals surface area contributed by atoms with Crippen molar-refractivity contribution in [2.75, 3.05) is 0 Å². The van der Waals surface area contributed by atoms with Gasteiger partial charge in [-0.3, -0.25) is 4.79 Å². The molecule has 0 aromatic carbocycles. The van der Waals surface area contributed by atoms with Crippen LogP contribution in [0.5, 0.6) is 5.88 Å². The summed E-state index contributed by atoms with van der Waals surface area (Å²) >= 11 is 0. The lowest BCUT2D eigenvalue weighted by Crippen LogP contribution is -2.23. The molecule has 0 spiro atoms. The van der Waals surface area contributed by atoms with Crippen LogP contribution < -0.4 is 4.74 Å². The van der Waals surface area contributed by atoms with Gasteiger partial charge >= 0.3 is 0 Å². The zero-order valence-corrected chi connectivity index (χ0v) is 12.8. The molecule has 2 aromatic rings. The van der Waals surface area contributed by atoms with Gasteiger partial charge in [-0.15, -0.1) is 0 Å². The number of H-pyrrole nitrogens is 1. The predicted octanol–water partition coefficient (Wildman–Crippen LogP) is 2.66. The van der Waals surface area contributed by atoms with Crippen LogP contribution in [-0.4, -0.2) is 26.3 Å². The summed E-state index contributed by atoms with van der Waals surface area (Å²) in [6.07, 6.45) is 4.19. The van der Waals surface area contributed by atoms with Crippen molar-refractivity contribution in [2.45, 2.75) is 46.1 Å². The number of hydrogen-bond donors (Lipinski definition) is 1. The third-order valence-corrected chi connectivity index (χ3v) is 2.75. The topological polar surface area (TPSA) is 67.9 Å². The molecule has 0 saturated heterocycles. The Bertz CT molecular complexity index is 714. The van der Waals surface area contributed by atoms with E-state index in [1.807, 2.05) is 27.0 Å². The summed E-state index contributed by atoms with van der Waals surface area (Å²) in [4.78, 5) is 22.7. The molecule has 0 aliphatic heterocycles. The Hall–Kier alpha value is -2.35. The van der Waals surface area contributed by atoms with Crippen molar-refractivity contribution in [3.05, 3.63) is 18.1 Å². The number of nitrogens with one attached hydrogen (secondary N) is 1. The molecule has 0 aliphatic carbocycles. The van der Waals surface area contributed by atoms with E-state index in [-0.39, 0.29) is 11.4 Å². The van der Waals surface area contributed by atoms with Crippen LogP contribution in [-0.2, 0) is 11.2 Å². The molecular formula is C16H19N3O2. The lowest BCUT2D eigenvalue weighted by atomic mass is 10.1. The van der Waals surface area contributed by atoms with Crippen molar-refractivity contribution in [2.24, 2.45) is 0 Å². The van der Waals surface area contributed by atoms with Crippen molar-refractivity contribution in [1.82, 2.24) is 15.0 Å². The second-order valence-electron chi connectivity index (χ2n) is 5.69. The summed E-state index contributed by atoms with van der Waals surface area (Å²) in [5.41, 5.74) is 1.30. The number of Topliss-reactive ketones (excluding diaryl/α,β-unsaturated/α-hetero) is 1. The quantitative estimate of drug-likeness (QED) is 0.695. The third-order valence-electron chi connectivity index (χ3n) is 2.75. The van der Waals surface area contributed by atoms with Crippen LogP contribution in [0.3, 0.4) is 0 Å². The maximum absolute atomic E-state index is 11.2. The molecule has 0 fully saturated rings. The highest BCUT2D eigenvalue weighted by Crippen LogP contribution is 2.27. The Morgan fingerprint density at radius 3 is 2.81 bits per heavy atom. The predicted molar refractivity (Wildman–Crippen MR) is 81.0 cm³/mol. The SMILES string of the molecule is CCC(=O)C#CCc1c[nH]c2ncnc(OC(C)(C)C)c12. The summed E-state index contributed by atoms with van der Waals surface area (Å²) in [6, 6.07) is 0. The molecule has 0 saturated carbocycles. The van der Waals surface area contributed by atoms with Gasteiger partial charge in [0.2, 0.25) is 11.7 Å². The van der Waals surface area contributed by atoms with E-state index in [0.29, 0.717) is 24.4 Å². The fraction of sp³-hybridized carbons (Fsp3) is 0.438. The number of fused-ring (bicyclic) bond motifs is 1. The molecule has 0 atom stereocenters. The molecule has 21 heavy (non-hydrogen) atoms. The summed E-state index contributed by atoms with van der Waals surface area (Å²) in [5.74, 6) is 5.99. The van der Waals surface area contributed by atoms with Gasteiger partial charge in [0.05, 0.1) is 5.39 Å². The van der Waals surface area contributed by atoms with Crippen LogP contribution in [0.25, 0.3) is 11.0 Å². The maximum Gasteiger partial charge on any atom is 0.226 e. The number of aromatic nitrogens is 3. The number of hydrogen-bond acceptors (Lipinski definition) is 4. The number of nitrogens with zero attached hydrogens (tertiary/aromatic N) is 2. The van der Waals surface area contributed by atoms with E-state index in [0.717, 1.165) is 10.9 Å². The van der Waals surface area contributed by atoms with Gasteiger partial charge in [-0.25, -0.2) is 9.97 Å². The molecule has 2 rings (SSSR count). The van der Waals surface area contributed by atoms with Gasteiger partial charge in [0, 0.05) is 19.0 Å². The third kappa shape index (κ3) is 3.82. The van der Waals surface area contributed by atoms with Crippen LogP contribution >= 0.6 is 0 Å². The van der Waals surface area contributed by atoms with Gasteiger partial charge in [0.15, 0.2) is 0 Å². The fourth-order valence-corrected chi connectivity index (χ4v) is 1.83. The number of aromatic amines is 1. The molecule has 0 aliphatic rings. The highest BCUT2D eigenvalue weighted by atomic mass is 16.5. The lowest BCUT2D eigenvalue weighted by molar-refractivity contribution is -0.113. The highest BCUT2D eigenvalue weighted by molar-refractivity contribution is 5.95. The van der Waals surface area contributed by atoms with E-state index in [1.165, 1.54) is 6.33 Å². The summed E-state index contributed by atoms with van der Waals surface area (Å²) in [6.45, 7) is 7.69. The Morgan fingerprint density at radius 1 is 1.38 bits per heavy atom. The van der Waals surface area contributed by atoms with E-state index in [1.54, 1.807) is 6.92 Å². The normalized spacial score (nSPS) is 11.0. The largest absolute Gasteiger partial charge is 0.471 e. The van der Waals surface area contributed by atoms with E-state index < -0.39 is 0 Å². The molecule has 0 radical (unpaired) electrons. The molecule has 0 bridgehead atoms. The van der Waals surface area contributed by atoms with Crippen molar-refractivity contribution >= 4 is 16.8 Å². The summed E-state index contributed by atoms with van der Waals surface area (Å²) in [7, 11) is 0. The first kappa shape index (κ1) is 15.0. The van der Waals surface area contributed by atoms with E-state index >= 15 is 0 Å². The summed E-state index contributed by atoms with van der Waals surface area (Å²) < 4.78 is 5.88. The first-order valence-corrected chi connectivity index (χ1v) is 6.92. The Morgan fingerprint density at radius 2 is 2.14 bits per heavy atom. The molecule has 1 N–H and O–H groups in total. The van der Waals surface area contributed by atoms with Crippen LogP contribution in [0.1, 0.15) is 39.7 Å². The average molecular weight is 285 g/mol. The number of ketones is 1. The first-order chi connectivity index (χ1) is 9.90. The number of carbonyl (C=O) groups excluding carboxylic acids is 1. The van der Waals surface area contributed by atoms with Gasteiger partial charge in [0.1, 0.15) is 17.6 Å². The standard InChI is InChI=1S/C16H19N3O2/c1-5-12(20)8-6-7-11-9-17-14-13(11)15(19-10-18-14)21-16(2,3)4/h9-10H,5,7H2,1-4H3,(H,17,18,19). The van der Waals surface area contributed by atoms with E-state index in [4.69, 9.17) is 4.74 Å². The van der Waals surface area contributed by atoms with E-state index in [2.05, 4.69) is 26.8 Å². The number of carbonyl (C=O) groups is 1. The number of rotatable bonds is 3. The van der Waals surface area contributed by atoms with Crippen molar-refractivity contribution in [3.8, 4) is 17.7 Å². The molecule has 2 aromatic heterocycles. The Balaban J connectivity index is 2.36. The molecule has 0 amide bonds. The second-order valence-corrected chi connectivity index (χ2v) is 5.69. The zero-order chi connectivity index (χ0) is 15.5. The van der Waals surface area contributed by atoms with Crippen molar-refractivity contribution in [1.29, 1.82) is 0 Å². The minimum atomic E-state index is -0.348. The zero-order valence-electron chi connectivity index (χ0n) is 12.8. The van der Waals surface area contributed by atoms with Gasteiger partial charge in [0.25, 0.3) is 0 Å². The van der Waals surface area contributed by atoms with Crippen LogP contribution in [0.2, 0.25) is 0 Å². The highest BCUT2D eigenvalue weighted by Gasteiger charge is 2.18. The molecule has 5 nitrogen and oxygen atoms in total. The fourth-order valence-electron chi connectivity index (χ4n) is 1.83. The van der Waals surface area contributed by atoms with Crippen molar-refractivity contribution in [3.63, 3.8) is 0 Å².